The average molecular weight is 293 g/mol. The molecule has 1 amide bonds. The molecule has 1 heterocycles. The highest BCUT2D eigenvalue weighted by Gasteiger charge is 2.27. The van der Waals surface area contributed by atoms with E-state index in [1.807, 2.05) is 0 Å². The zero-order valence-corrected chi connectivity index (χ0v) is 12.2. The number of benzene rings is 1. The number of nitriles is 1. The molecule has 1 unspecified atom stereocenters. The normalized spacial score (nSPS) is 15.8. The Morgan fingerprint density at radius 3 is 2.80 bits per heavy atom. The summed E-state index contributed by atoms with van der Waals surface area (Å²) >= 11 is 5.97. The van der Waals surface area contributed by atoms with Gasteiger partial charge in [-0.15, -0.1) is 0 Å². The van der Waals surface area contributed by atoms with Crippen LogP contribution >= 0.6 is 11.6 Å². The molecule has 1 aromatic carbocycles. The number of amides is 1. The van der Waals surface area contributed by atoms with E-state index in [4.69, 9.17) is 16.3 Å². The van der Waals surface area contributed by atoms with Gasteiger partial charge in [-0.1, -0.05) is 11.6 Å². The fraction of sp³-hybridized carbons (Fsp3) is 0.467. The van der Waals surface area contributed by atoms with Crippen molar-refractivity contribution in [1.29, 1.82) is 5.26 Å². The molecule has 4 nitrogen and oxygen atoms in total. The maximum atomic E-state index is 12.3. The van der Waals surface area contributed by atoms with Gasteiger partial charge in [0, 0.05) is 24.5 Å². The first-order valence-electron chi connectivity index (χ1n) is 6.66. The molecule has 0 bridgehead atoms. The SMILES string of the molecule is COc1ccc(Cl)cc1CC(C#N)C(=O)N1CCCC1. The van der Waals surface area contributed by atoms with Crippen LogP contribution in [0.2, 0.25) is 5.02 Å². The van der Waals surface area contributed by atoms with E-state index in [2.05, 4.69) is 6.07 Å². The van der Waals surface area contributed by atoms with E-state index in [1.165, 1.54) is 0 Å². The molecule has 0 N–H and O–H groups in total. The Hall–Kier alpha value is -1.73. The van der Waals surface area contributed by atoms with Crippen LogP contribution in [0.1, 0.15) is 18.4 Å². The lowest BCUT2D eigenvalue weighted by Crippen LogP contribution is -2.34. The number of methoxy groups -OCH3 is 1. The lowest BCUT2D eigenvalue weighted by molar-refractivity contribution is -0.132. The summed E-state index contributed by atoms with van der Waals surface area (Å²) in [6.45, 7) is 1.51. The van der Waals surface area contributed by atoms with Gasteiger partial charge in [-0.2, -0.15) is 5.26 Å². The van der Waals surface area contributed by atoms with Crippen molar-refractivity contribution in [3.8, 4) is 11.8 Å². The van der Waals surface area contributed by atoms with Gasteiger partial charge >= 0.3 is 0 Å². The Bertz CT molecular complexity index is 533. The number of carbonyl (C=O) groups is 1. The minimum absolute atomic E-state index is 0.0907. The van der Waals surface area contributed by atoms with E-state index >= 15 is 0 Å². The van der Waals surface area contributed by atoms with E-state index in [9.17, 15) is 10.1 Å². The van der Waals surface area contributed by atoms with Crippen LogP contribution in [-0.4, -0.2) is 31.0 Å². The number of likely N-dealkylation sites (tertiary alicyclic amines) is 1. The van der Waals surface area contributed by atoms with Crippen molar-refractivity contribution >= 4 is 17.5 Å². The van der Waals surface area contributed by atoms with Crippen molar-refractivity contribution in [3.05, 3.63) is 28.8 Å². The van der Waals surface area contributed by atoms with Crippen LogP contribution in [0.5, 0.6) is 5.75 Å². The third kappa shape index (κ3) is 3.23. The summed E-state index contributed by atoms with van der Waals surface area (Å²) in [5, 5.41) is 9.85. The zero-order chi connectivity index (χ0) is 14.5. The summed E-state index contributed by atoms with van der Waals surface area (Å²) in [6, 6.07) is 7.35. The Labute approximate surface area is 123 Å². The molecule has 1 atom stereocenters. The zero-order valence-electron chi connectivity index (χ0n) is 11.4. The Morgan fingerprint density at radius 1 is 1.50 bits per heavy atom. The van der Waals surface area contributed by atoms with Gasteiger partial charge in [0.2, 0.25) is 5.91 Å². The van der Waals surface area contributed by atoms with Crippen LogP contribution in [0.3, 0.4) is 0 Å². The first kappa shape index (κ1) is 14.7. The smallest absolute Gasteiger partial charge is 0.240 e. The monoisotopic (exact) mass is 292 g/mol. The van der Waals surface area contributed by atoms with Crippen molar-refractivity contribution in [3.63, 3.8) is 0 Å². The predicted octanol–water partition coefficient (Wildman–Crippen LogP) is 2.65. The maximum absolute atomic E-state index is 12.3. The van der Waals surface area contributed by atoms with Crippen molar-refractivity contribution in [2.45, 2.75) is 19.3 Å². The summed E-state index contributed by atoms with van der Waals surface area (Å²) in [7, 11) is 1.57. The van der Waals surface area contributed by atoms with Crippen LogP contribution in [0.25, 0.3) is 0 Å². The number of rotatable bonds is 4. The summed E-state index contributed by atoms with van der Waals surface area (Å²) in [6.07, 6.45) is 2.37. The molecule has 2 rings (SSSR count). The summed E-state index contributed by atoms with van der Waals surface area (Å²) in [4.78, 5) is 14.1. The molecule has 0 spiro atoms. The lowest BCUT2D eigenvalue weighted by Gasteiger charge is -2.19. The second kappa shape index (κ2) is 6.62. The van der Waals surface area contributed by atoms with Gasteiger partial charge in [0.1, 0.15) is 11.7 Å². The quantitative estimate of drug-likeness (QED) is 0.857. The largest absolute Gasteiger partial charge is 0.496 e. The number of ether oxygens (including phenoxy) is 1. The molecule has 0 saturated carbocycles. The second-order valence-corrected chi connectivity index (χ2v) is 5.31. The molecule has 1 aliphatic heterocycles. The second-order valence-electron chi connectivity index (χ2n) is 4.87. The number of hydrogen-bond acceptors (Lipinski definition) is 3. The predicted molar refractivity (Wildman–Crippen MR) is 76.6 cm³/mol. The van der Waals surface area contributed by atoms with E-state index < -0.39 is 5.92 Å². The molecular weight excluding hydrogens is 276 g/mol. The molecule has 0 radical (unpaired) electrons. The highest BCUT2D eigenvalue weighted by Crippen LogP contribution is 2.26. The molecule has 0 aliphatic carbocycles. The first-order chi connectivity index (χ1) is 9.65. The van der Waals surface area contributed by atoms with Crippen molar-refractivity contribution in [2.75, 3.05) is 20.2 Å². The lowest BCUT2D eigenvalue weighted by atomic mass is 9.98. The fourth-order valence-electron chi connectivity index (χ4n) is 2.47. The first-order valence-corrected chi connectivity index (χ1v) is 7.04. The van der Waals surface area contributed by atoms with E-state index in [-0.39, 0.29) is 5.91 Å². The third-order valence-electron chi connectivity index (χ3n) is 3.54. The van der Waals surface area contributed by atoms with Gasteiger partial charge in [-0.05, 0) is 36.6 Å². The van der Waals surface area contributed by atoms with Gasteiger partial charge < -0.3 is 9.64 Å². The number of nitrogens with zero attached hydrogens (tertiary/aromatic N) is 2. The Kier molecular flexibility index (Phi) is 4.86. The van der Waals surface area contributed by atoms with Gasteiger partial charge in [0.25, 0.3) is 0 Å². The summed E-state index contributed by atoms with van der Waals surface area (Å²) in [5.74, 6) is -0.114. The molecule has 20 heavy (non-hydrogen) atoms. The molecule has 5 heteroatoms. The van der Waals surface area contributed by atoms with Crippen molar-refractivity contribution in [2.24, 2.45) is 5.92 Å². The van der Waals surface area contributed by atoms with E-state index in [0.717, 1.165) is 31.5 Å². The van der Waals surface area contributed by atoms with Gasteiger partial charge in [0.15, 0.2) is 0 Å². The molecule has 1 fully saturated rings. The van der Waals surface area contributed by atoms with Gasteiger partial charge in [-0.3, -0.25) is 4.79 Å². The van der Waals surface area contributed by atoms with Gasteiger partial charge in [-0.25, -0.2) is 0 Å². The van der Waals surface area contributed by atoms with E-state index in [1.54, 1.807) is 30.2 Å². The maximum Gasteiger partial charge on any atom is 0.240 e. The van der Waals surface area contributed by atoms with Crippen LogP contribution in [0.4, 0.5) is 0 Å². The molecule has 106 valence electrons. The highest BCUT2D eigenvalue weighted by atomic mass is 35.5. The summed E-state index contributed by atoms with van der Waals surface area (Å²) in [5.41, 5.74) is 0.791. The van der Waals surface area contributed by atoms with Crippen molar-refractivity contribution in [1.82, 2.24) is 4.90 Å². The molecule has 1 aliphatic rings. The molecule has 1 saturated heterocycles. The number of carbonyl (C=O) groups excluding carboxylic acids is 1. The van der Waals surface area contributed by atoms with Crippen LogP contribution in [-0.2, 0) is 11.2 Å². The standard InChI is InChI=1S/C15H17ClN2O2/c1-20-14-5-4-13(16)9-11(14)8-12(10-17)15(19)18-6-2-3-7-18/h4-5,9,12H,2-3,6-8H2,1H3. The number of halogens is 1. The average Bonchev–Trinajstić information content (AvgIpc) is 2.98. The fourth-order valence-corrected chi connectivity index (χ4v) is 2.67. The molecule has 0 aromatic heterocycles. The van der Waals surface area contributed by atoms with Gasteiger partial charge in [0.05, 0.1) is 13.2 Å². The topological polar surface area (TPSA) is 53.3 Å². The minimum atomic E-state index is -0.680. The Balaban J connectivity index is 2.15. The highest BCUT2D eigenvalue weighted by molar-refractivity contribution is 6.30. The summed E-state index contributed by atoms with van der Waals surface area (Å²) < 4.78 is 5.26. The van der Waals surface area contributed by atoms with Crippen molar-refractivity contribution < 1.29 is 9.53 Å². The Morgan fingerprint density at radius 2 is 2.20 bits per heavy atom. The van der Waals surface area contributed by atoms with Crippen LogP contribution < -0.4 is 4.74 Å². The molecular formula is C15H17ClN2O2. The minimum Gasteiger partial charge on any atom is -0.496 e. The van der Waals surface area contributed by atoms with E-state index in [0.29, 0.717) is 17.2 Å². The van der Waals surface area contributed by atoms with Crippen LogP contribution in [0.15, 0.2) is 18.2 Å². The number of hydrogen-bond donors (Lipinski definition) is 0. The molecule has 1 aromatic rings. The van der Waals surface area contributed by atoms with Crippen LogP contribution in [0, 0.1) is 17.2 Å². The third-order valence-corrected chi connectivity index (χ3v) is 3.77.